The Kier molecular flexibility index (Phi) is 8.95. The molecule has 3 aromatic rings. The Labute approximate surface area is 278 Å². The Morgan fingerprint density at radius 2 is 1.61 bits per heavy atom. The number of ether oxygens (including phenoxy) is 3. The Morgan fingerprint density at radius 1 is 0.959 bits per heavy atom. The number of benzene rings is 2. The molecule has 1 aliphatic carbocycles. The lowest BCUT2D eigenvalue weighted by Crippen LogP contribution is -2.38. The molecule has 49 heavy (non-hydrogen) atoms. The minimum absolute atomic E-state index is 0.0453. The SMILES string of the molecule is COC(=O)C1CC(c2ccc(OC)c(-c3c(C)cc(N4CCC4)nc3CN3C(=O)O[C@H](c4cc(C(F)(F)F)cc(C(F)(F)F)c4)[C@@H]3C)c2)C1. The second-order valence-corrected chi connectivity index (χ2v) is 12.8. The van der Waals surface area contributed by atoms with Crippen LogP contribution in [0.5, 0.6) is 5.75 Å². The van der Waals surface area contributed by atoms with Gasteiger partial charge in [0.05, 0.1) is 49.5 Å². The van der Waals surface area contributed by atoms with E-state index in [0.717, 1.165) is 30.6 Å². The quantitative estimate of drug-likeness (QED) is 0.175. The van der Waals surface area contributed by atoms with Crippen molar-refractivity contribution in [1.82, 2.24) is 9.88 Å². The van der Waals surface area contributed by atoms with Crippen LogP contribution in [-0.2, 0) is 33.2 Å². The van der Waals surface area contributed by atoms with Gasteiger partial charge in [0.15, 0.2) is 0 Å². The first-order valence-electron chi connectivity index (χ1n) is 15.9. The van der Waals surface area contributed by atoms with E-state index in [4.69, 9.17) is 19.2 Å². The van der Waals surface area contributed by atoms with Gasteiger partial charge in [0.1, 0.15) is 17.7 Å². The van der Waals surface area contributed by atoms with Gasteiger partial charge in [-0.05, 0) is 92.1 Å². The zero-order chi connectivity index (χ0) is 35.4. The van der Waals surface area contributed by atoms with Crippen molar-refractivity contribution in [1.29, 1.82) is 0 Å². The van der Waals surface area contributed by atoms with E-state index in [9.17, 15) is 35.9 Å². The summed E-state index contributed by atoms with van der Waals surface area (Å²) in [5.74, 6) is 0.888. The van der Waals surface area contributed by atoms with Gasteiger partial charge in [0.25, 0.3) is 0 Å². The van der Waals surface area contributed by atoms with E-state index in [2.05, 4.69) is 4.90 Å². The topological polar surface area (TPSA) is 81.2 Å². The Bertz CT molecular complexity index is 1740. The third kappa shape index (κ3) is 6.61. The molecule has 0 bridgehead atoms. The molecule has 3 fully saturated rings. The van der Waals surface area contributed by atoms with Crippen LogP contribution in [0.1, 0.15) is 71.7 Å². The number of rotatable bonds is 8. The number of hydrogen-bond donors (Lipinski definition) is 0. The maximum Gasteiger partial charge on any atom is 0.416 e. The third-order valence-corrected chi connectivity index (χ3v) is 9.75. The van der Waals surface area contributed by atoms with Gasteiger partial charge in [-0.3, -0.25) is 9.69 Å². The number of carbonyl (C=O) groups is 2. The summed E-state index contributed by atoms with van der Waals surface area (Å²) < 4.78 is 98.0. The molecule has 2 aliphatic heterocycles. The summed E-state index contributed by atoms with van der Waals surface area (Å²) in [6, 6.07) is 7.96. The molecule has 2 atom stereocenters. The van der Waals surface area contributed by atoms with Crippen molar-refractivity contribution in [2.45, 2.75) is 70.1 Å². The molecule has 14 heteroatoms. The maximum absolute atomic E-state index is 13.7. The summed E-state index contributed by atoms with van der Waals surface area (Å²) in [5, 5.41) is 0. The maximum atomic E-state index is 13.7. The van der Waals surface area contributed by atoms with E-state index in [1.807, 2.05) is 31.2 Å². The Morgan fingerprint density at radius 3 is 2.16 bits per heavy atom. The highest BCUT2D eigenvalue weighted by Gasteiger charge is 2.44. The van der Waals surface area contributed by atoms with Crippen LogP contribution in [0.15, 0.2) is 42.5 Å². The number of esters is 1. The minimum atomic E-state index is -5.05. The van der Waals surface area contributed by atoms with Crippen molar-refractivity contribution >= 4 is 17.9 Å². The standard InChI is InChI=1S/C35H35F6N3O5/c1-18-10-29(43-8-5-9-43)42-27(30(18)26-15-20(6-7-28(26)47-3)21-11-23(12-21)32(45)48-4)17-44-19(2)31(49-33(44)46)22-13-24(34(36,37)38)16-25(14-22)35(39,40)41/h6-7,10,13-16,19,21,23,31H,5,8-9,11-12,17H2,1-4H3/t19-,21?,23?,31-/m0/s1. The van der Waals surface area contributed by atoms with Gasteiger partial charge in [-0.2, -0.15) is 26.3 Å². The van der Waals surface area contributed by atoms with Crippen LogP contribution in [-0.4, -0.2) is 55.3 Å². The monoisotopic (exact) mass is 691 g/mol. The molecule has 0 N–H and O–H groups in total. The number of cyclic esters (lactones) is 1. The lowest BCUT2D eigenvalue weighted by Gasteiger charge is -2.34. The highest BCUT2D eigenvalue weighted by Crippen LogP contribution is 2.46. The summed E-state index contributed by atoms with van der Waals surface area (Å²) >= 11 is 0. The molecule has 1 saturated carbocycles. The molecular formula is C35H35F6N3O5. The zero-order valence-electron chi connectivity index (χ0n) is 27.2. The van der Waals surface area contributed by atoms with Gasteiger partial charge < -0.3 is 19.1 Å². The summed E-state index contributed by atoms with van der Waals surface area (Å²) in [6.45, 7) is 4.86. The fourth-order valence-electron chi connectivity index (χ4n) is 6.80. The van der Waals surface area contributed by atoms with Crippen molar-refractivity contribution in [3.05, 3.63) is 76.0 Å². The first kappa shape index (κ1) is 34.4. The fourth-order valence-corrected chi connectivity index (χ4v) is 6.80. The van der Waals surface area contributed by atoms with Crippen molar-refractivity contribution < 1.29 is 50.1 Å². The number of methoxy groups -OCH3 is 2. The highest BCUT2D eigenvalue weighted by molar-refractivity contribution is 5.79. The van der Waals surface area contributed by atoms with Crippen LogP contribution in [0.2, 0.25) is 0 Å². The number of pyridine rings is 1. The number of amides is 1. The lowest BCUT2D eigenvalue weighted by atomic mass is 9.71. The van der Waals surface area contributed by atoms with Crippen LogP contribution in [0.25, 0.3) is 11.1 Å². The molecule has 2 aromatic carbocycles. The molecule has 1 amide bonds. The molecule has 3 aliphatic rings. The molecule has 0 unspecified atom stereocenters. The number of nitrogens with zero attached hydrogens (tertiary/aromatic N) is 3. The molecule has 262 valence electrons. The smallest absolute Gasteiger partial charge is 0.416 e. The minimum Gasteiger partial charge on any atom is -0.496 e. The summed E-state index contributed by atoms with van der Waals surface area (Å²) in [6.07, 6.45) is -10.2. The van der Waals surface area contributed by atoms with Crippen LogP contribution in [0.4, 0.5) is 37.0 Å². The largest absolute Gasteiger partial charge is 0.496 e. The van der Waals surface area contributed by atoms with E-state index >= 15 is 0 Å². The van der Waals surface area contributed by atoms with Gasteiger partial charge in [0, 0.05) is 24.2 Å². The van der Waals surface area contributed by atoms with Gasteiger partial charge in [-0.25, -0.2) is 9.78 Å². The van der Waals surface area contributed by atoms with Crippen molar-refractivity contribution in [3.8, 4) is 16.9 Å². The predicted molar refractivity (Wildman–Crippen MR) is 166 cm³/mol. The van der Waals surface area contributed by atoms with Crippen molar-refractivity contribution in [3.63, 3.8) is 0 Å². The second kappa shape index (κ2) is 12.8. The van der Waals surface area contributed by atoms with Gasteiger partial charge in [0.2, 0.25) is 0 Å². The molecule has 3 heterocycles. The lowest BCUT2D eigenvalue weighted by molar-refractivity contribution is -0.149. The van der Waals surface area contributed by atoms with E-state index in [0.29, 0.717) is 53.4 Å². The van der Waals surface area contributed by atoms with E-state index < -0.39 is 47.3 Å². The molecule has 6 rings (SSSR count). The highest BCUT2D eigenvalue weighted by atomic mass is 19.4. The Hall–Kier alpha value is -4.49. The van der Waals surface area contributed by atoms with Crippen LogP contribution in [0, 0.1) is 12.8 Å². The number of aryl methyl sites for hydroxylation is 1. The van der Waals surface area contributed by atoms with Gasteiger partial charge in [-0.1, -0.05) is 6.07 Å². The van der Waals surface area contributed by atoms with Crippen molar-refractivity contribution in [2.24, 2.45) is 5.92 Å². The van der Waals surface area contributed by atoms with Crippen LogP contribution in [0.3, 0.4) is 0 Å². The first-order valence-corrected chi connectivity index (χ1v) is 15.9. The summed E-state index contributed by atoms with van der Waals surface area (Å²) in [5.41, 5.74) is 0.247. The van der Waals surface area contributed by atoms with E-state index in [-0.39, 0.29) is 30.4 Å². The van der Waals surface area contributed by atoms with Crippen LogP contribution < -0.4 is 9.64 Å². The average Bonchev–Trinajstić information content (AvgIpc) is 3.26. The third-order valence-electron chi connectivity index (χ3n) is 9.75. The number of halogens is 6. The first-order chi connectivity index (χ1) is 23.1. The van der Waals surface area contributed by atoms with E-state index in [1.54, 1.807) is 0 Å². The van der Waals surface area contributed by atoms with Crippen LogP contribution >= 0.6 is 0 Å². The summed E-state index contributed by atoms with van der Waals surface area (Å²) in [7, 11) is 2.89. The number of hydrogen-bond acceptors (Lipinski definition) is 7. The molecule has 0 radical (unpaired) electrons. The number of carbonyl (C=O) groups excluding carboxylic acids is 2. The molecule has 1 aromatic heterocycles. The van der Waals surface area contributed by atoms with Gasteiger partial charge in [-0.15, -0.1) is 0 Å². The fraction of sp³-hybridized carbons (Fsp3) is 0.457. The predicted octanol–water partition coefficient (Wildman–Crippen LogP) is 8.06. The summed E-state index contributed by atoms with van der Waals surface area (Å²) in [4.78, 5) is 33.7. The van der Waals surface area contributed by atoms with Crippen molar-refractivity contribution in [2.75, 3.05) is 32.2 Å². The Balaban J connectivity index is 1.38. The molecular weight excluding hydrogens is 656 g/mol. The molecule has 8 nitrogen and oxygen atoms in total. The second-order valence-electron chi connectivity index (χ2n) is 12.8. The number of aromatic nitrogens is 1. The normalized spacial score (nSPS) is 22.4. The molecule has 0 spiro atoms. The average molecular weight is 692 g/mol. The zero-order valence-corrected chi connectivity index (χ0v) is 27.2. The number of alkyl halides is 6. The molecule has 2 saturated heterocycles. The van der Waals surface area contributed by atoms with Gasteiger partial charge >= 0.3 is 24.4 Å². The number of anilines is 1. The van der Waals surface area contributed by atoms with E-state index in [1.165, 1.54) is 26.0 Å².